The number of nitrogens with one attached hydrogen (secondary N) is 1. The van der Waals surface area contributed by atoms with Crippen molar-refractivity contribution in [1.82, 2.24) is 0 Å². The van der Waals surface area contributed by atoms with Crippen molar-refractivity contribution in [3.05, 3.63) is 66.0 Å². The molecule has 1 N–H and O–H groups in total. The minimum Gasteiger partial charge on any atom is -0.323 e. The first-order valence-corrected chi connectivity index (χ1v) is 6.46. The Labute approximate surface area is 117 Å². The molecule has 0 radical (unpaired) electrons. The predicted octanol–water partition coefficient (Wildman–Crippen LogP) is 3.31. The Hall–Kier alpha value is -1.81. The van der Waals surface area contributed by atoms with Crippen molar-refractivity contribution in [2.45, 2.75) is 11.7 Å². The van der Waals surface area contributed by atoms with Gasteiger partial charge in [-0.05, 0) is 24.1 Å². The summed E-state index contributed by atoms with van der Waals surface area (Å²) in [6.45, 7) is 0. The molecule has 0 saturated heterocycles. The van der Waals surface area contributed by atoms with Gasteiger partial charge in [0.2, 0.25) is 5.91 Å². The van der Waals surface area contributed by atoms with Crippen molar-refractivity contribution in [2.75, 3.05) is 5.32 Å². The zero-order chi connectivity index (χ0) is 13.7. The second-order valence-electron chi connectivity index (χ2n) is 4.17. The summed E-state index contributed by atoms with van der Waals surface area (Å²) >= 11 is 4.27. The van der Waals surface area contributed by atoms with Crippen molar-refractivity contribution in [3.8, 4) is 0 Å². The highest BCUT2D eigenvalue weighted by molar-refractivity contribution is 7.81. The van der Waals surface area contributed by atoms with Gasteiger partial charge in [0.05, 0.1) is 10.9 Å². The highest BCUT2D eigenvalue weighted by atomic mass is 32.1. The molecule has 2 aromatic rings. The van der Waals surface area contributed by atoms with Gasteiger partial charge in [-0.15, -0.1) is 0 Å². The van der Waals surface area contributed by atoms with Crippen LogP contribution in [0.3, 0.4) is 0 Å². The van der Waals surface area contributed by atoms with E-state index in [1.54, 1.807) is 12.1 Å². The molecule has 0 heterocycles. The Morgan fingerprint density at radius 1 is 1.11 bits per heavy atom. The van der Waals surface area contributed by atoms with Crippen LogP contribution >= 0.6 is 12.6 Å². The van der Waals surface area contributed by atoms with Crippen LogP contribution in [-0.2, 0) is 11.2 Å². The van der Waals surface area contributed by atoms with Crippen molar-refractivity contribution in [2.24, 2.45) is 0 Å². The van der Waals surface area contributed by atoms with Crippen LogP contribution < -0.4 is 5.32 Å². The van der Waals surface area contributed by atoms with Gasteiger partial charge in [-0.1, -0.05) is 42.5 Å². The Morgan fingerprint density at radius 2 is 1.74 bits per heavy atom. The van der Waals surface area contributed by atoms with E-state index in [1.807, 2.05) is 30.3 Å². The molecule has 0 aromatic heterocycles. The minimum atomic E-state index is -0.512. The molecule has 1 atom stereocenters. The van der Waals surface area contributed by atoms with E-state index in [1.165, 1.54) is 12.1 Å². The maximum Gasteiger partial charge on any atom is 0.237 e. The van der Waals surface area contributed by atoms with Gasteiger partial charge in [-0.3, -0.25) is 4.79 Å². The first kappa shape index (κ1) is 13.6. The first-order chi connectivity index (χ1) is 9.16. The maximum atomic E-state index is 13.4. The zero-order valence-electron chi connectivity index (χ0n) is 10.2. The molecule has 19 heavy (non-hydrogen) atoms. The van der Waals surface area contributed by atoms with E-state index in [0.29, 0.717) is 6.42 Å². The average Bonchev–Trinajstić information content (AvgIpc) is 2.42. The summed E-state index contributed by atoms with van der Waals surface area (Å²) in [6, 6.07) is 15.7. The molecular formula is C15H14FNOS. The number of anilines is 1. The predicted molar refractivity (Wildman–Crippen MR) is 77.9 cm³/mol. The molecule has 0 aliphatic heterocycles. The average molecular weight is 275 g/mol. The van der Waals surface area contributed by atoms with Crippen molar-refractivity contribution < 1.29 is 9.18 Å². The normalized spacial score (nSPS) is 11.9. The molecule has 4 heteroatoms. The van der Waals surface area contributed by atoms with E-state index in [-0.39, 0.29) is 11.6 Å². The van der Waals surface area contributed by atoms with Gasteiger partial charge < -0.3 is 5.32 Å². The third-order valence-electron chi connectivity index (χ3n) is 2.71. The van der Waals surface area contributed by atoms with E-state index >= 15 is 0 Å². The summed E-state index contributed by atoms with van der Waals surface area (Å²) in [6.07, 6.45) is 0.504. The van der Waals surface area contributed by atoms with Crippen LogP contribution in [0.1, 0.15) is 5.56 Å². The van der Waals surface area contributed by atoms with Crippen LogP contribution in [0.25, 0.3) is 0 Å². The lowest BCUT2D eigenvalue weighted by molar-refractivity contribution is -0.115. The summed E-state index contributed by atoms with van der Waals surface area (Å²) < 4.78 is 13.4. The minimum absolute atomic E-state index is 0.180. The van der Waals surface area contributed by atoms with Crippen LogP contribution in [0.15, 0.2) is 54.6 Å². The SMILES string of the molecule is O=C(Nc1ccccc1F)C(S)Cc1ccccc1. The number of hydrogen-bond acceptors (Lipinski definition) is 2. The first-order valence-electron chi connectivity index (χ1n) is 5.94. The van der Waals surface area contributed by atoms with E-state index in [4.69, 9.17) is 0 Å². The number of benzene rings is 2. The number of hydrogen-bond donors (Lipinski definition) is 2. The van der Waals surface area contributed by atoms with Gasteiger partial charge in [0, 0.05) is 0 Å². The van der Waals surface area contributed by atoms with E-state index in [0.717, 1.165) is 5.56 Å². The van der Waals surface area contributed by atoms with Crippen molar-refractivity contribution in [3.63, 3.8) is 0 Å². The lowest BCUT2D eigenvalue weighted by Gasteiger charge is -2.12. The molecule has 0 fully saturated rings. The largest absolute Gasteiger partial charge is 0.323 e. The third kappa shape index (κ3) is 3.83. The summed E-state index contributed by atoms with van der Waals surface area (Å²) in [5.74, 6) is -0.756. The molecule has 1 unspecified atom stereocenters. The molecular weight excluding hydrogens is 261 g/mol. The number of thiol groups is 1. The number of halogens is 1. The molecule has 98 valence electrons. The lowest BCUT2D eigenvalue weighted by atomic mass is 10.1. The molecule has 0 bridgehead atoms. The van der Waals surface area contributed by atoms with Gasteiger partial charge in [0.1, 0.15) is 5.82 Å². The van der Waals surface area contributed by atoms with Crippen LogP contribution in [-0.4, -0.2) is 11.2 Å². The summed E-state index contributed by atoms with van der Waals surface area (Å²) in [4.78, 5) is 11.9. The third-order valence-corrected chi connectivity index (χ3v) is 3.12. The van der Waals surface area contributed by atoms with Gasteiger partial charge in [-0.2, -0.15) is 12.6 Å². The smallest absolute Gasteiger partial charge is 0.237 e. The number of amides is 1. The molecule has 0 aliphatic carbocycles. The topological polar surface area (TPSA) is 29.1 Å². The Morgan fingerprint density at radius 3 is 2.42 bits per heavy atom. The van der Waals surface area contributed by atoms with Crippen molar-refractivity contribution >= 4 is 24.2 Å². The second-order valence-corrected chi connectivity index (χ2v) is 4.80. The molecule has 0 spiro atoms. The van der Waals surface area contributed by atoms with Crippen LogP contribution in [0.5, 0.6) is 0 Å². The fraction of sp³-hybridized carbons (Fsp3) is 0.133. The quantitative estimate of drug-likeness (QED) is 0.824. The van der Waals surface area contributed by atoms with Crippen LogP contribution in [0.4, 0.5) is 10.1 Å². The highest BCUT2D eigenvalue weighted by Gasteiger charge is 2.15. The standard InChI is InChI=1S/C15H14FNOS/c16-12-8-4-5-9-13(12)17-15(18)14(19)10-11-6-2-1-3-7-11/h1-9,14,19H,10H2,(H,17,18). The Balaban J connectivity index is 1.99. The van der Waals surface area contributed by atoms with E-state index < -0.39 is 11.1 Å². The number of carbonyl (C=O) groups excluding carboxylic acids is 1. The van der Waals surface area contributed by atoms with E-state index in [2.05, 4.69) is 17.9 Å². The summed E-state index contributed by atoms with van der Waals surface area (Å²) in [5.41, 5.74) is 1.20. The zero-order valence-corrected chi connectivity index (χ0v) is 11.1. The molecule has 0 saturated carbocycles. The van der Waals surface area contributed by atoms with E-state index in [9.17, 15) is 9.18 Å². The van der Waals surface area contributed by atoms with Crippen LogP contribution in [0.2, 0.25) is 0 Å². The second kappa shape index (κ2) is 6.38. The lowest BCUT2D eigenvalue weighted by Crippen LogP contribution is -2.25. The summed E-state index contributed by atoms with van der Waals surface area (Å²) in [7, 11) is 0. The van der Waals surface area contributed by atoms with Crippen molar-refractivity contribution in [1.29, 1.82) is 0 Å². The molecule has 1 amide bonds. The van der Waals surface area contributed by atoms with Gasteiger partial charge in [0.15, 0.2) is 0 Å². The summed E-state index contributed by atoms with van der Waals surface area (Å²) in [5, 5.41) is 2.03. The van der Waals surface area contributed by atoms with Crippen LogP contribution in [0, 0.1) is 5.82 Å². The number of para-hydroxylation sites is 1. The fourth-order valence-corrected chi connectivity index (χ4v) is 1.98. The molecule has 2 aromatic carbocycles. The van der Waals surface area contributed by atoms with Gasteiger partial charge in [0.25, 0.3) is 0 Å². The molecule has 2 rings (SSSR count). The number of carbonyl (C=O) groups is 1. The molecule has 2 nitrogen and oxygen atoms in total. The Bertz CT molecular complexity index is 559. The van der Waals surface area contributed by atoms with Gasteiger partial charge >= 0.3 is 0 Å². The Kier molecular flexibility index (Phi) is 4.58. The fourth-order valence-electron chi connectivity index (χ4n) is 1.71. The molecule has 0 aliphatic rings. The van der Waals surface area contributed by atoms with Gasteiger partial charge in [-0.25, -0.2) is 4.39 Å². The highest BCUT2D eigenvalue weighted by Crippen LogP contribution is 2.15. The maximum absolute atomic E-state index is 13.4. The number of rotatable bonds is 4. The monoisotopic (exact) mass is 275 g/mol.